The predicted molar refractivity (Wildman–Crippen MR) is 104 cm³/mol. The fraction of sp³-hybridized carbons (Fsp3) is 0.429. The molecule has 0 N–H and O–H groups in total. The van der Waals surface area contributed by atoms with Crippen LogP contribution in [0.5, 0.6) is 5.88 Å². The van der Waals surface area contributed by atoms with Gasteiger partial charge in [0.25, 0.3) is 0 Å². The Kier molecular flexibility index (Phi) is 4.12. The molecule has 0 aromatic carbocycles. The van der Waals surface area contributed by atoms with Crippen molar-refractivity contribution in [1.29, 1.82) is 0 Å². The first-order valence-electron chi connectivity index (χ1n) is 9.75. The molecule has 144 valence electrons. The minimum atomic E-state index is 0.507. The first-order valence-corrected chi connectivity index (χ1v) is 9.75. The first-order chi connectivity index (χ1) is 13.6. The lowest BCUT2D eigenvalue weighted by atomic mass is 9.91. The zero-order chi connectivity index (χ0) is 19.3. The molecule has 0 bridgehead atoms. The van der Waals surface area contributed by atoms with Crippen LogP contribution in [0.2, 0.25) is 0 Å². The quantitative estimate of drug-likeness (QED) is 0.700. The second-order valence-electron chi connectivity index (χ2n) is 7.69. The highest BCUT2D eigenvalue weighted by molar-refractivity contribution is 5.40. The Morgan fingerprint density at radius 3 is 2.82 bits per heavy atom. The van der Waals surface area contributed by atoms with Crippen LogP contribution in [0.4, 0.5) is 0 Å². The summed E-state index contributed by atoms with van der Waals surface area (Å²) in [6.07, 6.45) is 6.79. The van der Waals surface area contributed by atoms with Crippen molar-refractivity contribution in [3.8, 4) is 11.6 Å². The standard InChI is InChI=1S/C21H24N6O/c1-13-10-23-19-11-26(12-20(19)24-13)15-4-5-18-17(8-15)14(2)27(25-18)16-6-7-22-21(9-16)28-3/h6-7,9-10,15H,4-5,8,11-12H2,1-3H3. The van der Waals surface area contributed by atoms with Crippen molar-refractivity contribution in [3.05, 3.63) is 58.6 Å². The van der Waals surface area contributed by atoms with E-state index in [0.717, 1.165) is 55.1 Å². The Morgan fingerprint density at radius 1 is 1.11 bits per heavy atom. The Labute approximate surface area is 164 Å². The van der Waals surface area contributed by atoms with Gasteiger partial charge in [-0.15, -0.1) is 0 Å². The van der Waals surface area contributed by atoms with E-state index in [2.05, 4.69) is 26.8 Å². The molecule has 7 nitrogen and oxygen atoms in total. The number of hydrogen-bond donors (Lipinski definition) is 0. The largest absolute Gasteiger partial charge is 0.481 e. The van der Waals surface area contributed by atoms with E-state index in [1.807, 2.05) is 29.9 Å². The summed E-state index contributed by atoms with van der Waals surface area (Å²) >= 11 is 0. The number of pyridine rings is 1. The molecular formula is C21H24N6O. The van der Waals surface area contributed by atoms with Gasteiger partial charge in [0.1, 0.15) is 0 Å². The lowest BCUT2D eigenvalue weighted by Gasteiger charge is -2.30. The lowest BCUT2D eigenvalue weighted by molar-refractivity contribution is 0.179. The smallest absolute Gasteiger partial charge is 0.215 e. The van der Waals surface area contributed by atoms with Gasteiger partial charge in [-0.25, -0.2) is 9.67 Å². The van der Waals surface area contributed by atoms with Crippen molar-refractivity contribution in [3.63, 3.8) is 0 Å². The van der Waals surface area contributed by atoms with E-state index in [0.29, 0.717) is 11.9 Å². The summed E-state index contributed by atoms with van der Waals surface area (Å²) in [5.41, 5.74) is 8.06. The van der Waals surface area contributed by atoms with E-state index in [1.54, 1.807) is 13.3 Å². The number of aromatic nitrogens is 5. The van der Waals surface area contributed by atoms with Crippen LogP contribution in [-0.4, -0.2) is 42.8 Å². The van der Waals surface area contributed by atoms with Gasteiger partial charge in [0, 0.05) is 43.3 Å². The molecule has 7 heteroatoms. The maximum atomic E-state index is 5.27. The van der Waals surface area contributed by atoms with Crippen LogP contribution in [-0.2, 0) is 25.9 Å². The molecule has 5 rings (SSSR count). The van der Waals surface area contributed by atoms with Crippen molar-refractivity contribution in [1.82, 2.24) is 29.6 Å². The van der Waals surface area contributed by atoms with Gasteiger partial charge in [0.05, 0.1) is 35.6 Å². The molecule has 0 radical (unpaired) electrons. The number of hydrogen-bond acceptors (Lipinski definition) is 6. The van der Waals surface area contributed by atoms with E-state index in [-0.39, 0.29) is 0 Å². The summed E-state index contributed by atoms with van der Waals surface area (Å²) in [7, 11) is 1.64. The van der Waals surface area contributed by atoms with Crippen molar-refractivity contribution in [2.45, 2.75) is 52.2 Å². The second kappa shape index (κ2) is 6.67. The number of fused-ring (bicyclic) bond motifs is 2. The monoisotopic (exact) mass is 376 g/mol. The molecule has 0 amide bonds. The predicted octanol–water partition coefficient (Wildman–Crippen LogP) is 2.56. The molecule has 28 heavy (non-hydrogen) atoms. The molecule has 0 spiro atoms. The molecular weight excluding hydrogens is 352 g/mol. The van der Waals surface area contributed by atoms with Gasteiger partial charge in [-0.05, 0) is 44.7 Å². The van der Waals surface area contributed by atoms with Gasteiger partial charge in [0.15, 0.2) is 0 Å². The highest BCUT2D eigenvalue weighted by Crippen LogP contribution is 2.32. The summed E-state index contributed by atoms with van der Waals surface area (Å²) in [5.74, 6) is 0.605. The van der Waals surface area contributed by atoms with Gasteiger partial charge in [0.2, 0.25) is 5.88 Å². The maximum absolute atomic E-state index is 5.27. The fourth-order valence-electron chi connectivity index (χ4n) is 4.42. The molecule has 1 aliphatic carbocycles. The average molecular weight is 376 g/mol. The molecule has 1 unspecified atom stereocenters. The number of nitrogens with zero attached hydrogens (tertiary/aromatic N) is 6. The minimum Gasteiger partial charge on any atom is -0.481 e. The van der Waals surface area contributed by atoms with Gasteiger partial charge in [-0.3, -0.25) is 14.9 Å². The second-order valence-corrected chi connectivity index (χ2v) is 7.69. The highest BCUT2D eigenvalue weighted by Gasteiger charge is 2.32. The zero-order valence-electron chi connectivity index (χ0n) is 16.5. The fourth-order valence-corrected chi connectivity index (χ4v) is 4.42. The van der Waals surface area contributed by atoms with Crippen LogP contribution in [0.1, 0.15) is 40.5 Å². The summed E-state index contributed by atoms with van der Waals surface area (Å²) in [5, 5.41) is 4.90. The average Bonchev–Trinajstić information content (AvgIpc) is 3.28. The molecule has 3 aromatic rings. The first kappa shape index (κ1) is 17.3. The number of rotatable bonds is 3. The minimum absolute atomic E-state index is 0.507. The maximum Gasteiger partial charge on any atom is 0.215 e. The third-order valence-corrected chi connectivity index (χ3v) is 5.92. The highest BCUT2D eigenvalue weighted by atomic mass is 16.5. The molecule has 0 fully saturated rings. The SMILES string of the molecule is COc1cc(-n2nc3c(c2C)CC(N2Cc4ncc(C)nc4C2)CC3)ccn1. The van der Waals surface area contributed by atoms with Crippen LogP contribution in [0, 0.1) is 13.8 Å². The van der Waals surface area contributed by atoms with Crippen LogP contribution >= 0.6 is 0 Å². The van der Waals surface area contributed by atoms with Gasteiger partial charge >= 0.3 is 0 Å². The third-order valence-electron chi connectivity index (χ3n) is 5.92. The summed E-state index contributed by atoms with van der Waals surface area (Å²) in [4.78, 5) is 16.0. The van der Waals surface area contributed by atoms with Gasteiger partial charge < -0.3 is 4.74 Å². The third kappa shape index (κ3) is 2.86. The van der Waals surface area contributed by atoms with Crippen molar-refractivity contribution >= 4 is 0 Å². The number of aryl methyl sites for hydroxylation is 2. The zero-order valence-corrected chi connectivity index (χ0v) is 16.5. The summed E-state index contributed by atoms with van der Waals surface area (Å²) in [6.45, 7) is 5.97. The van der Waals surface area contributed by atoms with E-state index in [9.17, 15) is 0 Å². The number of ether oxygens (including phenoxy) is 1. The van der Waals surface area contributed by atoms with Gasteiger partial charge in [-0.2, -0.15) is 5.10 Å². The van der Waals surface area contributed by atoms with Crippen molar-refractivity contribution in [2.24, 2.45) is 0 Å². The molecule has 3 aromatic heterocycles. The topological polar surface area (TPSA) is 69.0 Å². The van der Waals surface area contributed by atoms with Crippen LogP contribution in [0.15, 0.2) is 24.5 Å². The van der Waals surface area contributed by atoms with E-state index >= 15 is 0 Å². The van der Waals surface area contributed by atoms with Crippen LogP contribution < -0.4 is 4.74 Å². The van der Waals surface area contributed by atoms with E-state index < -0.39 is 0 Å². The number of methoxy groups -OCH3 is 1. The molecule has 4 heterocycles. The molecule has 1 aliphatic heterocycles. The van der Waals surface area contributed by atoms with E-state index in [4.69, 9.17) is 9.84 Å². The Balaban J connectivity index is 1.40. The van der Waals surface area contributed by atoms with Crippen molar-refractivity contribution < 1.29 is 4.74 Å². The lowest BCUT2D eigenvalue weighted by Crippen LogP contribution is -2.35. The molecule has 0 saturated heterocycles. The summed E-state index contributed by atoms with van der Waals surface area (Å²) < 4.78 is 7.30. The van der Waals surface area contributed by atoms with E-state index in [1.165, 1.54) is 17.0 Å². The summed E-state index contributed by atoms with van der Waals surface area (Å²) in [6, 6.07) is 4.41. The van der Waals surface area contributed by atoms with Gasteiger partial charge in [-0.1, -0.05) is 0 Å². The Hall–Kier alpha value is -2.80. The van der Waals surface area contributed by atoms with Crippen LogP contribution in [0.3, 0.4) is 0 Å². The Morgan fingerprint density at radius 2 is 1.96 bits per heavy atom. The Bertz CT molecular complexity index is 1040. The normalized spacial score (nSPS) is 18.8. The molecule has 0 saturated carbocycles. The molecule has 1 atom stereocenters. The molecule has 2 aliphatic rings. The van der Waals surface area contributed by atoms with Crippen molar-refractivity contribution in [2.75, 3.05) is 7.11 Å². The van der Waals surface area contributed by atoms with Crippen LogP contribution in [0.25, 0.3) is 5.69 Å².